The third-order valence-electron chi connectivity index (χ3n) is 11.5. The standard InChI is InChI=1S/C42H44ClN5O5Si/c1-27-40(54(2,3)52)38(21-22-46-25-35(44-45-46)33(26-49)29-9-5-4-6-10-29)53-42(27)34-23-31(43)16-19-37(34)47(41(42)51)24-28-13-17-32(18-14-28)48-36-12-8-7-11-30(36)15-20-39(48)50/h4-14,16-19,23,25,27,33,38,40,49,52H,15,20-22,24,26H2,1-3H3/t27-,33?,38+,40-,42+/m0/s1. The Morgan fingerprint density at radius 3 is 2.44 bits per heavy atom. The molecule has 1 spiro atoms. The van der Waals surface area contributed by atoms with Crippen molar-refractivity contribution in [2.45, 2.75) is 75.5 Å². The minimum atomic E-state index is -2.90. The second kappa shape index (κ2) is 14.2. The van der Waals surface area contributed by atoms with E-state index >= 15 is 0 Å². The summed E-state index contributed by atoms with van der Waals surface area (Å²) in [6.45, 7) is 6.48. The molecule has 0 bridgehead atoms. The lowest BCUT2D eigenvalue weighted by Gasteiger charge is -2.32. The van der Waals surface area contributed by atoms with Crippen LogP contribution in [0.3, 0.4) is 0 Å². The number of halogens is 1. The predicted molar refractivity (Wildman–Crippen MR) is 210 cm³/mol. The van der Waals surface area contributed by atoms with Gasteiger partial charge in [0.1, 0.15) is 0 Å². The number of carbonyl (C=O) groups excluding carboxylic acids is 2. The number of aromatic nitrogens is 3. The number of fused-ring (bicyclic) bond motifs is 3. The molecule has 5 aromatic rings. The fourth-order valence-corrected chi connectivity index (χ4v) is 11.8. The Kier molecular flexibility index (Phi) is 9.56. The van der Waals surface area contributed by atoms with Crippen LogP contribution >= 0.6 is 11.6 Å². The first-order valence-electron chi connectivity index (χ1n) is 18.6. The zero-order valence-electron chi connectivity index (χ0n) is 30.6. The van der Waals surface area contributed by atoms with E-state index in [2.05, 4.69) is 16.4 Å². The van der Waals surface area contributed by atoms with Gasteiger partial charge in [-0.05, 0) is 79.0 Å². The number of carbonyl (C=O) groups is 2. The van der Waals surface area contributed by atoms with Gasteiger partial charge in [0.2, 0.25) is 5.91 Å². The van der Waals surface area contributed by atoms with E-state index in [1.165, 1.54) is 0 Å². The first-order chi connectivity index (χ1) is 26.0. The Bertz CT molecular complexity index is 2190. The summed E-state index contributed by atoms with van der Waals surface area (Å²) >= 11 is 6.62. The molecule has 2 N–H and O–H groups in total. The zero-order valence-corrected chi connectivity index (χ0v) is 32.4. The van der Waals surface area contributed by atoms with Crippen molar-refractivity contribution >= 4 is 48.8 Å². The zero-order chi connectivity index (χ0) is 37.8. The maximum atomic E-state index is 14.9. The highest BCUT2D eigenvalue weighted by Gasteiger charge is 2.66. The molecule has 10 nitrogen and oxygen atoms in total. The number of rotatable bonds is 10. The van der Waals surface area contributed by atoms with Gasteiger partial charge in [-0.2, -0.15) is 0 Å². The molecule has 12 heteroatoms. The molecule has 0 aliphatic carbocycles. The van der Waals surface area contributed by atoms with Crippen molar-refractivity contribution < 1.29 is 24.2 Å². The Hall–Kier alpha value is -4.65. The molecule has 5 atom stereocenters. The summed E-state index contributed by atoms with van der Waals surface area (Å²) in [5.41, 5.74) is 5.19. The summed E-state index contributed by atoms with van der Waals surface area (Å²) in [7, 11) is -2.90. The molecule has 1 unspecified atom stereocenters. The molecule has 2 amide bonds. The number of aryl methyl sites for hydroxylation is 2. The van der Waals surface area contributed by atoms with E-state index in [0.717, 1.165) is 40.2 Å². The largest absolute Gasteiger partial charge is 0.432 e. The van der Waals surface area contributed by atoms with E-state index in [4.69, 9.17) is 16.3 Å². The molecule has 0 saturated carbocycles. The summed E-state index contributed by atoms with van der Waals surface area (Å²) in [6, 6.07) is 31.0. The minimum absolute atomic E-state index is 0.0570. The number of hydrogen-bond acceptors (Lipinski definition) is 7. The average Bonchev–Trinajstić information content (AvgIpc) is 3.82. The van der Waals surface area contributed by atoms with Gasteiger partial charge in [0.05, 0.1) is 42.2 Å². The van der Waals surface area contributed by atoms with Crippen LogP contribution in [0.5, 0.6) is 0 Å². The normalized spacial score (nSPS) is 22.9. The summed E-state index contributed by atoms with van der Waals surface area (Å²) < 4.78 is 8.76. The van der Waals surface area contributed by atoms with Crippen LogP contribution in [0.4, 0.5) is 17.1 Å². The second-order valence-electron chi connectivity index (χ2n) is 15.3. The van der Waals surface area contributed by atoms with Gasteiger partial charge in [0.25, 0.3) is 5.91 Å². The van der Waals surface area contributed by atoms with Crippen molar-refractivity contribution in [3.8, 4) is 0 Å². The van der Waals surface area contributed by atoms with Gasteiger partial charge >= 0.3 is 0 Å². The molecule has 1 fully saturated rings. The van der Waals surface area contributed by atoms with E-state index < -0.39 is 20.0 Å². The van der Waals surface area contributed by atoms with Gasteiger partial charge < -0.3 is 19.5 Å². The topological polar surface area (TPSA) is 121 Å². The lowest BCUT2D eigenvalue weighted by molar-refractivity contribution is -0.146. The Morgan fingerprint density at radius 2 is 1.70 bits per heavy atom. The van der Waals surface area contributed by atoms with Crippen LogP contribution in [0.2, 0.25) is 23.7 Å². The van der Waals surface area contributed by atoms with Crippen molar-refractivity contribution in [3.63, 3.8) is 0 Å². The van der Waals surface area contributed by atoms with Crippen LogP contribution in [-0.4, -0.2) is 57.7 Å². The van der Waals surface area contributed by atoms with E-state index in [1.54, 1.807) is 20.5 Å². The summed E-state index contributed by atoms with van der Waals surface area (Å²) in [4.78, 5) is 43.3. The van der Waals surface area contributed by atoms with Gasteiger partial charge in [-0.15, -0.1) is 5.10 Å². The highest BCUT2D eigenvalue weighted by Crippen LogP contribution is 2.60. The number of amides is 2. The number of ether oxygens (including phenoxy) is 1. The number of aliphatic hydroxyl groups is 1. The van der Waals surface area contributed by atoms with Crippen LogP contribution in [0.15, 0.2) is 103 Å². The lowest BCUT2D eigenvalue weighted by Crippen LogP contribution is -2.46. The monoisotopic (exact) mass is 761 g/mol. The first-order valence-corrected chi connectivity index (χ1v) is 22.0. The molecular weight excluding hydrogens is 718 g/mol. The number of hydrogen-bond donors (Lipinski definition) is 2. The summed E-state index contributed by atoms with van der Waals surface area (Å²) in [6.07, 6.45) is 3.08. The molecule has 1 aromatic heterocycles. The van der Waals surface area contributed by atoms with Crippen LogP contribution < -0.4 is 9.80 Å². The number of para-hydroxylation sites is 1. The second-order valence-corrected chi connectivity index (χ2v) is 19.7. The van der Waals surface area contributed by atoms with Gasteiger partial charge in [-0.3, -0.25) is 19.2 Å². The molecule has 3 aliphatic rings. The maximum absolute atomic E-state index is 14.9. The fraction of sp³-hybridized carbons (Fsp3) is 0.333. The minimum Gasteiger partial charge on any atom is -0.432 e. The van der Waals surface area contributed by atoms with Crippen molar-refractivity contribution in [3.05, 3.63) is 136 Å². The molecule has 4 aromatic carbocycles. The highest BCUT2D eigenvalue weighted by molar-refractivity contribution is 6.71. The van der Waals surface area contributed by atoms with E-state index in [-0.39, 0.29) is 35.8 Å². The Labute approximate surface area is 321 Å². The van der Waals surface area contributed by atoms with Crippen molar-refractivity contribution in [1.29, 1.82) is 0 Å². The van der Waals surface area contributed by atoms with Gasteiger partial charge in [0.15, 0.2) is 13.9 Å². The van der Waals surface area contributed by atoms with Crippen molar-refractivity contribution in [2.75, 3.05) is 16.4 Å². The number of anilines is 3. The molecule has 4 heterocycles. The molecule has 0 radical (unpaired) electrons. The smallest absolute Gasteiger partial charge is 0.264 e. The predicted octanol–water partition coefficient (Wildman–Crippen LogP) is 7.10. The lowest BCUT2D eigenvalue weighted by atomic mass is 9.82. The molecule has 3 aliphatic heterocycles. The van der Waals surface area contributed by atoms with Crippen LogP contribution in [-0.2, 0) is 39.4 Å². The third-order valence-corrected chi connectivity index (χ3v) is 14.3. The van der Waals surface area contributed by atoms with Gasteiger partial charge in [0, 0.05) is 46.9 Å². The van der Waals surface area contributed by atoms with Crippen LogP contribution in [0.1, 0.15) is 53.6 Å². The number of aliphatic hydroxyl groups excluding tert-OH is 1. The van der Waals surface area contributed by atoms with E-state index in [9.17, 15) is 19.5 Å². The van der Waals surface area contributed by atoms with Crippen molar-refractivity contribution in [2.24, 2.45) is 5.92 Å². The quantitative estimate of drug-likeness (QED) is 0.146. The van der Waals surface area contributed by atoms with Gasteiger partial charge in [-0.1, -0.05) is 84.4 Å². The maximum Gasteiger partial charge on any atom is 0.264 e. The molecule has 278 valence electrons. The Balaban J connectivity index is 1.06. The summed E-state index contributed by atoms with van der Waals surface area (Å²) in [5.74, 6) is -0.772. The van der Waals surface area contributed by atoms with Crippen LogP contribution in [0.25, 0.3) is 0 Å². The number of benzene rings is 4. The van der Waals surface area contributed by atoms with Gasteiger partial charge in [-0.25, -0.2) is 0 Å². The summed E-state index contributed by atoms with van der Waals surface area (Å²) in [5, 5.41) is 19.4. The van der Waals surface area contributed by atoms with Crippen molar-refractivity contribution in [1.82, 2.24) is 15.0 Å². The third kappa shape index (κ3) is 6.27. The Morgan fingerprint density at radius 1 is 0.963 bits per heavy atom. The molecule has 54 heavy (non-hydrogen) atoms. The molecule has 8 rings (SSSR count). The number of nitrogens with zero attached hydrogens (tertiary/aromatic N) is 5. The fourth-order valence-electron chi connectivity index (χ4n) is 9.02. The highest BCUT2D eigenvalue weighted by atomic mass is 35.5. The SMILES string of the molecule is C[C@H]1[C@H]([Si](C)(C)O)[C@@H](CCn2cc(C(CO)c3ccccc3)nn2)O[C@]12C(=O)N(Cc1ccc(N3C(=O)CCc4ccccc43)cc1)c1ccc(Cl)cc12. The molecule has 1 saturated heterocycles. The first kappa shape index (κ1) is 36.3. The van der Waals surface area contributed by atoms with Crippen LogP contribution in [0, 0.1) is 5.92 Å². The molecular formula is C42H44ClN5O5Si. The van der Waals surface area contributed by atoms with E-state index in [1.807, 2.05) is 111 Å². The average molecular weight is 762 g/mol. The van der Waals surface area contributed by atoms with E-state index in [0.29, 0.717) is 42.2 Å².